The van der Waals surface area contributed by atoms with E-state index in [1.807, 2.05) is 3.51 Å². The van der Waals surface area contributed by atoms with E-state index < -0.39 is 0 Å². The van der Waals surface area contributed by atoms with Crippen LogP contribution in [0.1, 0.15) is 40.0 Å². The molecule has 1 atom stereocenters. The van der Waals surface area contributed by atoms with Gasteiger partial charge in [-0.25, -0.2) is 0 Å². The lowest BCUT2D eigenvalue weighted by Gasteiger charge is -2.15. The second-order valence-electron chi connectivity index (χ2n) is 4.29. The fourth-order valence-electron chi connectivity index (χ4n) is 2.04. The highest BCUT2D eigenvalue weighted by molar-refractivity contribution is 14.2. The lowest BCUT2D eigenvalue weighted by molar-refractivity contribution is 0.358. The van der Waals surface area contributed by atoms with Gasteiger partial charge < -0.3 is 0 Å². The lowest BCUT2D eigenvalue weighted by atomic mass is 9.90. The molecule has 0 saturated heterocycles. The molecular formula is C10H19I. The average molecular weight is 266 g/mol. The van der Waals surface area contributed by atoms with Crippen LogP contribution in [0.2, 0.25) is 0 Å². The Kier molecular flexibility index (Phi) is 3.12. The van der Waals surface area contributed by atoms with Crippen LogP contribution >= 0.6 is 20.7 Å². The predicted octanol–water partition coefficient (Wildman–Crippen LogP) is 3.61. The maximum atomic E-state index is 2.42. The van der Waals surface area contributed by atoms with Gasteiger partial charge in [0.15, 0.2) is 0 Å². The molecule has 0 aromatic heterocycles. The molecule has 1 heteroatoms. The molecule has 0 spiro atoms. The summed E-state index contributed by atoms with van der Waals surface area (Å²) >= 11 is 0.414. The third kappa shape index (κ3) is 2.27. The van der Waals surface area contributed by atoms with Gasteiger partial charge in [-0.1, -0.05) is 20.8 Å². The second kappa shape index (κ2) is 3.55. The third-order valence-electron chi connectivity index (χ3n) is 2.62. The van der Waals surface area contributed by atoms with Crippen molar-refractivity contribution in [1.29, 1.82) is 0 Å². The molecule has 0 heterocycles. The molecule has 0 N–H and O–H groups in total. The highest BCUT2D eigenvalue weighted by atomic mass is 127. The van der Waals surface area contributed by atoms with E-state index in [1.165, 1.54) is 19.3 Å². The first-order chi connectivity index (χ1) is 5.09. The summed E-state index contributed by atoms with van der Waals surface area (Å²) in [5.74, 6) is 0.989. The molecule has 0 aromatic carbocycles. The van der Waals surface area contributed by atoms with Crippen molar-refractivity contribution in [1.82, 2.24) is 0 Å². The zero-order chi connectivity index (χ0) is 8.48. The standard InChI is InChI=1S/C10H19I/c1-5-8-6-10(2,3)7-9(8)11-4/h8H,5-7H2,1-4H3/t8-/m1/s1. The van der Waals surface area contributed by atoms with Gasteiger partial charge in [-0.2, -0.15) is 0 Å². The van der Waals surface area contributed by atoms with Crippen molar-refractivity contribution >= 4 is 24.2 Å². The van der Waals surface area contributed by atoms with Crippen molar-refractivity contribution in [3.05, 3.63) is 0 Å². The fraction of sp³-hybridized carbons (Fsp3) is 0.900. The first-order valence-electron chi connectivity index (χ1n) is 4.44. The molecule has 1 rings (SSSR count). The Bertz CT molecular complexity index is 168. The first kappa shape index (κ1) is 9.69. The summed E-state index contributed by atoms with van der Waals surface area (Å²) in [5.41, 5.74) is 0.631. The van der Waals surface area contributed by atoms with E-state index >= 15 is 0 Å². The van der Waals surface area contributed by atoms with Gasteiger partial charge in [0, 0.05) is 0 Å². The van der Waals surface area contributed by atoms with Gasteiger partial charge in [0.2, 0.25) is 0 Å². The van der Waals surface area contributed by atoms with Gasteiger partial charge in [0.05, 0.1) is 0 Å². The summed E-state index contributed by atoms with van der Waals surface area (Å²) in [6.07, 6.45) is 4.26. The SMILES string of the molecule is CC[C@@H]1CC(C)(C)CC1=IC. The summed E-state index contributed by atoms with van der Waals surface area (Å²) in [6.45, 7) is 7.18. The topological polar surface area (TPSA) is 0 Å². The van der Waals surface area contributed by atoms with Gasteiger partial charge in [-0.3, -0.25) is 0 Å². The van der Waals surface area contributed by atoms with Crippen LogP contribution in [0, 0.1) is 11.3 Å². The molecule has 0 aliphatic heterocycles. The van der Waals surface area contributed by atoms with Crippen molar-refractivity contribution in [3.63, 3.8) is 0 Å². The molecular weight excluding hydrogens is 247 g/mol. The van der Waals surface area contributed by atoms with Crippen molar-refractivity contribution < 1.29 is 0 Å². The van der Waals surface area contributed by atoms with Crippen LogP contribution in [0.15, 0.2) is 0 Å². The number of rotatable bonds is 1. The van der Waals surface area contributed by atoms with E-state index in [4.69, 9.17) is 0 Å². The van der Waals surface area contributed by atoms with Crippen LogP contribution in [0.4, 0.5) is 0 Å². The Morgan fingerprint density at radius 2 is 2.18 bits per heavy atom. The van der Waals surface area contributed by atoms with Crippen LogP contribution in [0.5, 0.6) is 0 Å². The Hall–Kier alpha value is 0.600. The van der Waals surface area contributed by atoms with E-state index in [-0.39, 0.29) is 0 Å². The molecule has 0 amide bonds. The third-order valence-corrected chi connectivity index (χ3v) is 5.27. The Balaban J connectivity index is 2.70. The predicted molar refractivity (Wildman–Crippen MR) is 61.7 cm³/mol. The largest absolute Gasteiger partial charge is 0.127 e. The second-order valence-corrected chi connectivity index (χ2v) is 6.75. The number of alkyl halides is 1. The smallest absolute Gasteiger partial charge is 0.0146 e. The van der Waals surface area contributed by atoms with Crippen LogP contribution in [-0.2, 0) is 0 Å². The Morgan fingerprint density at radius 3 is 2.55 bits per heavy atom. The van der Waals surface area contributed by atoms with Crippen LogP contribution in [0.25, 0.3) is 0 Å². The minimum atomic E-state index is 0.414. The molecule has 1 saturated carbocycles. The molecule has 0 nitrogen and oxygen atoms in total. The van der Waals surface area contributed by atoms with Crippen LogP contribution in [-0.4, -0.2) is 8.44 Å². The maximum absolute atomic E-state index is 2.42. The summed E-state index contributed by atoms with van der Waals surface area (Å²) in [4.78, 5) is 2.41. The summed E-state index contributed by atoms with van der Waals surface area (Å²) in [5, 5.41) is 0. The molecule has 1 fully saturated rings. The summed E-state index contributed by atoms with van der Waals surface area (Å²) < 4.78 is 1.93. The average Bonchev–Trinajstić information content (AvgIpc) is 2.25. The zero-order valence-corrected chi connectivity index (χ0v) is 10.2. The van der Waals surface area contributed by atoms with Gasteiger partial charge in [-0.15, -0.1) is 20.7 Å². The fourth-order valence-corrected chi connectivity index (χ4v) is 4.99. The quantitative estimate of drug-likeness (QED) is 0.502. The maximum Gasteiger partial charge on any atom is -0.0146 e. The van der Waals surface area contributed by atoms with Crippen LogP contribution in [0.3, 0.4) is 0 Å². The number of halogens is 1. The molecule has 0 aromatic rings. The van der Waals surface area contributed by atoms with Gasteiger partial charge in [-0.05, 0) is 39.0 Å². The lowest BCUT2D eigenvalue weighted by Crippen LogP contribution is -2.04. The first-order valence-corrected chi connectivity index (χ1v) is 7.68. The Labute approximate surface area is 80.5 Å². The molecule has 0 radical (unpaired) electrons. The monoisotopic (exact) mass is 266 g/mol. The molecule has 0 unspecified atom stereocenters. The van der Waals surface area contributed by atoms with Gasteiger partial charge in [0.1, 0.15) is 0 Å². The van der Waals surface area contributed by atoms with Crippen molar-refractivity contribution in [2.75, 3.05) is 4.93 Å². The summed E-state index contributed by atoms with van der Waals surface area (Å²) in [6, 6.07) is 0. The van der Waals surface area contributed by atoms with E-state index in [1.54, 1.807) is 0 Å². The zero-order valence-electron chi connectivity index (χ0n) is 8.08. The highest BCUT2D eigenvalue weighted by Gasteiger charge is 2.33. The Morgan fingerprint density at radius 1 is 1.55 bits per heavy atom. The molecule has 1 aliphatic carbocycles. The molecule has 0 bridgehead atoms. The van der Waals surface area contributed by atoms with E-state index in [0.717, 1.165) is 5.92 Å². The molecule has 1 aliphatic rings. The minimum Gasteiger partial charge on any atom is -0.127 e. The number of hydrogen-bond donors (Lipinski definition) is 0. The summed E-state index contributed by atoms with van der Waals surface area (Å²) in [7, 11) is 0. The molecule has 11 heavy (non-hydrogen) atoms. The van der Waals surface area contributed by atoms with Gasteiger partial charge >= 0.3 is 0 Å². The van der Waals surface area contributed by atoms with E-state index in [9.17, 15) is 0 Å². The normalized spacial score (nSPS) is 33.8. The van der Waals surface area contributed by atoms with E-state index in [0.29, 0.717) is 26.1 Å². The van der Waals surface area contributed by atoms with E-state index in [2.05, 4.69) is 25.7 Å². The minimum absolute atomic E-state index is 0.414. The van der Waals surface area contributed by atoms with Crippen molar-refractivity contribution in [3.8, 4) is 0 Å². The van der Waals surface area contributed by atoms with Crippen LogP contribution < -0.4 is 0 Å². The highest BCUT2D eigenvalue weighted by Crippen LogP contribution is 2.42. The molecule has 66 valence electrons. The number of hydrogen-bond acceptors (Lipinski definition) is 0. The van der Waals surface area contributed by atoms with Crippen molar-refractivity contribution in [2.24, 2.45) is 11.3 Å². The van der Waals surface area contributed by atoms with Gasteiger partial charge in [0.25, 0.3) is 0 Å². The van der Waals surface area contributed by atoms with Crippen molar-refractivity contribution in [2.45, 2.75) is 40.0 Å².